The second-order valence-corrected chi connectivity index (χ2v) is 10.2. The zero-order valence-corrected chi connectivity index (χ0v) is 20.9. The van der Waals surface area contributed by atoms with E-state index in [-0.39, 0.29) is 12.1 Å². The van der Waals surface area contributed by atoms with Crippen molar-refractivity contribution < 1.29 is 0 Å². The maximum absolute atomic E-state index is 6.14. The highest BCUT2D eigenvalue weighted by molar-refractivity contribution is 5.84. The molecule has 1 aromatic carbocycles. The molecule has 0 bridgehead atoms. The van der Waals surface area contributed by atoms with E-state index in [1.807, 2.05) is 29.3 Å². The fourth-order valence-electron chi connectivity index (χ4n) is 4.68. The molecule has 10 nitrogen and oxygen atoms in total. The Hall–Kier alpha value is -3.66. The molecule has 0 spiro atoms. The SMILES string of the molecule is CC(C)n1cnc2c(NCc3ccccc3-n3ccc(NC4CC4)n3)nc(N3CCC(N)CC3)nc21. The molecule has 1 saturated carbocycles. The third kappa shape index (κ3) is 4.60. The van der Waals surface area contributed by atoms with Crippen molar-refractivity contribution in [2.45, 2.75) is 64.2 Å². The zero-order valence-electron chi connectivity index (χ0n) is 20.9. The van der Waals surface area contributed by atoms with Gasteiger partial charge < -0.3 is 25.8 Å². The smallest absolute Gasteiger partial charge is 0.229 e. The molecule has 4 aromatic rings. The Labute approximate surface area is 210 Å². The Kier molecular flexibility index (Phi) is 5.96. The van der Waals surface area contributed by atoms with Gasteiger partial charge in [0.15, 0.2) is 17.0 Å². The van der Waals surface area contributed by atoms with Gasteiger partial charge in [-0.15, -0.1) is 0 Å². The summed E-state index contributed by atoms with van der Waals surface area (Å²) in [6.07, 6.45) is 8.21. The molecule has 10 heteroatoms. The van der Waals surface area contributed by atoms with Gasteiger partial charge >= 0.3 is 0 Å². The van der Waals surface area contributed by atoms with Gasteiger partial charge in [0, 0.05) is 50.0 Å². The molecule has 36 heavy (non-hydrogen) atoms. The molecule has 4 heterocycles. The summed E-state index contributed by atoms with van der Waals surface area (Å²) in [5.41, 5.74) is 9.94. The standard InChI is InChI=1S/C26H34N10/c1-17(2)35-16-29-23-24(31-26(32-25(23)35)34-12-9-19(27)10-13-34)28-15-18-5-3-4-6-21(18)36-14-11-22(33-36)30-20-7-8-20/h3-6,11,14,16-17,19-20H,7-10,12-13,15,27H2,1-2H3,(H,30,33)(H,28,31,32). The van der Waals surface area contributed by atoms with E-state index in [2.05, 4.69) is 57.1 Å². The summed E-state index contributed by atoms with van der Waals surface area (Å²) in [6, 6.07) is 11.4. The van der Waals surface area contributed by atoms with Crippen LogP contribution in [0.4, 0.5) is 17.6 Å². The molecule has 0 atom stereocenters. The number of hydrogen-bond acceptors (Lipinski definition) is 8. The molecule has 0 unspecified atom stereocenters. The van der Waals surface area contributed by atoms with E-state index in [4.69, 9.17) is 20.8 Å². The van der Waals surface area contributed by atoms with E-state index in [0.29, 0.717) is 12.6 Å². The highest BCUT2D eigenvalue weighted by Gasteiger charge is 2.23. The molecule has 3 aromatic heterocycles. The molecule has 188 valence electrons. The molecular formula is C26H34N10. The Bertz CT molecular complexity index is 1340. The molecule has 1 aliphatic carbocycles. The lowest BCUT2D eigenvalue weighted by Crippen LogP contribution is -2.40. The number of anilines is 3. The lowest BCUT2D eigenvalue weighted by atomic mass is 10.1. The third-order valence-corrected chi connectivity index (χ3v) is 6.99. The van der Waals surface area contributed by atoms with Crippen molar-refractivity contribution >= 4 is 28.7 Å². The highest BCUT2D eigenvalue weighted by Crippen LogP contribution is 2.28. The lowest BCUT2D eigenvalue weighted by molar-refractivity contribution is 0.495. The van der Waals surface area contributed by atoms with Gasteiger partial charge in [0.05, 0.1) is 12.0 Å². The van der Waals surface area contributed by atoms with Crippen LogP contribution >= 0.6 is 0 Å². The van der Waals surface area contributed by atoms with Crippen LogP contribution in [0, 0.1) is 0 Å². The van der Waals surface area contributed by atoms with E-state index in [9.17, 15) is 0 Å². The third-order valence-electron chi connectivity index (χ3n) is 6.99. The Morgan fingerprint density at radius 2 is 1.86 bits per heavy atom. The Morgan fingerprint density at radius 3 is 2.64 bits per heavy atom. The van der Waals surface area contributed by atoms with Gasteiger partial charge in [0.25, 0.3) is 0 Å². The van der Waals surface area contributed by atoms with Crippen LogP contribution in [0.25, 0.3) is 16.9 Å². The number of benzene rings is 1. The largest absolute Gasteiger partial charge is 0.366 e. The number of piperidine rings is 1. The first kappa shape index (κ1) is 22.8. The first-order chi connectivity index (χ1) is 17.5. The molecule has 0 amide bonds. The van der Waals surface area contributed by atoms with Crippen LogP contribution in [0.15, 0.2) is 42.9 Å². The zero-order chi connectivity index (χ0) is 24.6. The molecule has 6 rings (SSSR count). The van der Waals surface area contributed by atoms with Crippen molar-refractivity contribution in [2.24, 2.45) is 5.73 Å². The van der Waals surface area contributed by atoms with E-state index in [0.717, 1.165) is 65.9 Å². The summed E-state index contributed by atoms with van der Waals surface area (Å²) >= 11 is 0. The van der Waals surface area contributed by atoms with Crippen molar-refractivity contribution in [1.29, 1.82) is 0 Å². The predicted molar refractivity (Wildman–Crippen MR) is 143 cm³/mol. The number of nitrogens with zero attached hydrogens (tertiary/aromatic N) is 7. The number of nitrogens with two attached hydrogens (primary N) is 1. The van der Waals surface area contributed by atoms with Crippen LogP contribution in [-0.2, 0) is 6.54 Å². The van der Waals surface area contributed by atoms with Crippen molar-refractivity contribution in [1.82, 2.24) is 29.3 Å². The first-order valence-electron chi connectivity index (χ1n) is 12.9. The van der Waals surface area contributed by atoms with Gasteiger partial charge in [0.2, 0.25) is 5.95 Å². The maximum Gasteiger partial charge on any atom is 0.229 e. The fraction of sp³-hybridized carbons (Fsp3) is 0.462. The van der Waals surface area contributed by atoms with Crippen LogP contribution < -0.4 is 21.3 Å². The average Bonchev–Trinajstić information content (AvgIpc) is 3.39. The minimum atomic E-state index is 0.249. The number of para-hydroxylation sites is 1. The first-order valence-corrected chi connectivity index (χ1v) is 12.9. The van der Waals surface area contributed by atoms with Gasteiger partial charge in [-0.05, 0) is 51.2 Å². The van der Waals surface area contributed by atoms with E-state index in [1.54, 1.807) is 0 Å². The predicted octanol–water partition coefficient (Wildman–Crippen LogP) is 3.71. The summed E-state index contributed by atoms with van der Waals surface area (Å²) in [5, 5.41) is 11.8. The summed E-state index contributed by atoms with van der Waals surface area (Å²) in [6.45, 7) is 6.60. The number of fused-ring (bicyclic) bond motifs is 1. The van der Waals surface area contributed by atoms with Crippen molar-refractivity contribution in [2.75, 3.05) is 28.6 Å². The second kappa shape index (κ2) is 9.42. The second-order valence-electron chi connectivity index (χ2n) is 10.2. The van der Waals surface area contributed by atoms with E-state index < -0.39 is 0 Å². The minimum absolute atomic E-state index is 0.249. The number of imidazole rings is 1. The van der Waals surface area contributed by atoms with Crippen molar-refractivity contribution in [3.8, 4) is 5.69 Å². The van der Waals surface area contributed by atoms with Gasteiger partial charge in [-0.25, -0.2) is 9.67 Å². The molecule has 1 aliphatic heterocycles. The summed E-state index contributed by atoms with van der Waals surface area (Å²) < 4.78 is 4.04. The Morgan fingerprint density at radius 1 is 1.06 bits per heavy atom. The molecule has 2 aliphatic rings. The molecule has 4 N–H and O–H groups in total. The molecular weight excluding hydrogens is 452 g/mol. The number of hydrogen-bond donors (Lipinski definition) is 3. The number of nitrogens with one attached hydrogen (secondary N) is 2. The van der Waals surface area contributed by atoms with E-state index >= 15 is 0 Å². The topological polar surface area (TPSA) is 115 Å². The average molecular weight is 487 g/mol. The van der Waals surface area contributed by atoms with Crippen LogP contribution in [0.1, 0.15) is 51.1 Å². The van der Waals surface area contributed by atoms with Crippen LogP contribution in [0.2, 0.25) is 0 Å². The van der Waals surface area contributed by atoms with E-state index in [1.165, 1.54) is 12.8 Å². The summed E-state index contributed by atoms with van der Waals surface area (Å²) in [5.74, 6) is 2.40. The molecule has 2 fully saturated rings. The van der Waals surface area contributed by atoms with Crippen LogP contribution in [0.5, 0.6) is 0 Å². The number of aromatic nitrogens is 6. The van der Waals surface area contributed by atoms with Gasteiger partial charge in [0.1, 0.15) is 5.82 Å². The Balaban J connectivity index is 1.29. The molecule has 1 saturated heterocycles. The number of rotatable bonds is 8. The normalized spacial score (nSPS) is 16.7. The minimum Gasteiger partial charge on any atom is -0.366 e. The van der Waals surface area contributed by atoms with Gasteiger partial charge in [-0.3, -0.25) is 0 Å². The quantitative estimate of drug-likeness (QED) is 0.345. The van der Waals surface area contributed by atoms with Crippen LogP contribution in [0.3, 0.4) is 0 Å². The van der Waals surface area contributed by atoms with Crippen LogP contribution in [-0.4, -0.2) is 54.5 Å². The van der Waals surface area contributed by atoms with Gasteiger partial charge in [-0.1, -0.05) is 18.2 Å². The molecule has 0 radical (unpaired) electrons. The summed E-state index contributed by atoms with van der Waals surface area (Å²) in [4.78, 5) is 16.8. The monoisotopic (exact) mass is 486 g/mol. The fourth-order valence-corrected chi connectivity index (χ4v) is 4.68. The maximum atomic E-state index is 6.14. The highest BCUT2D eigenvalue weighted by atomic mass is 15.3. The van der Waals surface area contributed by atoms with Gasteiger partial charge in [-0.2, -0.15) is 15.1 Å². The van der Waals surface area contributed by atoms with Crippen molar-refractivity contribution in [3.05, 3.63) is 48.4 Å². The lowest BCUT2D eigenvalue weighted by Gasteiger charge is -2.30. The van der Waals surface area contributed by atoms with Crippen molar-refractivity contribution in [3.63, 3.8) is 0 Å². The summed E-state index contributed by atoms with van der Waals surface area (Å²) in [7, 11) is 0.